The molecule has 0 radical (unpaired) electrons. The molecule has 0 atom stereocenters. The fraction of sp³-hybridized carbons (Fsp3) is 0.474. The number of carbonyl (C=O) groups excluding carboxylic acids is 4. The van der Waals surface area contributed by atoms with Crippen molar-refractivity contribution in [2.45, 2.75) is 44.6 Å². The molecule has 27 heavy (non-hydrogen) atoms. The van der Waals surface area contributed by atoms with E-state index in [1.807, 2.05) is 0 Å². The van der Waals surface area contributed by atoms with Gasteiger partial charge in [0.2, 0.25) is 5.91 Å². The zero-order valence-electron chi connectivity index (χ0n) is 15.3. The maximum absolute atomic E-state index is 12.5. The molecule has 1 aromatic carbocycles. The van der Waals surface area contributed by atoms with E-state index in [1.165, 1.54) is 11.8 Å². The van der Waals surface area contributed by atoms with Crippen LogP contribution in [0.25, 0.3) is 0 Å². The molecule has 0 unspecified atom stereocenters. The Bertz CT molecular complexity index is 771. The van der Waals surface area contributed by atoms with Crippen LogP contribution in [0, 0.1) is 0 Å². The normalized spacial score (nSPS) is 17.9. The zero-order valence-corrected chi connectivity index (χ0v) is 15.3. The minimum absolute atomic E-state index is 0.140. The van der Waals surface area contributed by atoms with E-state index >= 15 is 0 Å². The van der Waals surface area contributed by atoms with Gasteiger partial charge in [0.1, 0.15) is 5.54 Å². The van der Waals surface area contributed by atoms with Crippen LogP contribution < -0.4 is 16.0 Å². The van der Waals surface area contributed by atoms with Gasteiger partial charge in [-0.2, -0.15) is 0 Å². The Morgan fingerprint density at radius 3 is 2.67 bits per heavy atom. The molecule has 0 bridgehead atoms. The highest BCUT2D eigenvalue weighted by Crippen LogP contribution is 2.34. The fourth-order valence-corrected chi connectivity index (χ4v) is 3.68. The molecule has 5 amide bonds. The average Bonchev–Trinajstić information content (AvgIpc) is 3.18. The second kappa shape index (κ2) is 7.77. The van der Waals surface area contributed by atoms with E-state index in [0.29, 0.717) is 37.1 Å². The monoisotopic (exact) mass is 372 g/mol. The number of hydrogen-bond donors (Lipinski definition) is 3. The third-order valence-corrected chi connectivity index (χ3v) is 4.99. The van der Waals surface area contributed by atoms with Crippen LogP contribution in [0.2, 0.25) is 0 Å². The number of nitrogens with zero attached hydrogens (tertiary/aromatic N) is 1. The van der Waals surface area contributed by atoms with E-state index in [-0.39, 0.29) is 30.3 Å². The van der Waals surface area contributed by atoms with Gasteiger partial charge < -0.3 is 16.0 Å². The highest BCUT2D eigenvalue weighted by molar-refractivity contribution is 6.07. The summed E-state index contributed by atoms with van der Waals surface area (Å²) >= 11 is 0. The fourth-order valence-electron chi connectivity index (χ4n) is 3.68. The van der Waals surface area contributed by atoms with Gasteiger partial charge in [0, 0.05) is 31.3 Å². The number of benzene rings is 1. The first-order valence-electron chi connectivity index (χ1n) is 9.21. The largest absolute Gasteiger partial charge is 0.352 e. The van der Waals surface area contributed by atoms with Crippen molar-refractivity contribution in [1.82, 2.24) is 15.5 Å². The van der Waals surface area contributed by atoms with Gasteiger partial charge >= 0.3 is 6.03 Å². The molecule has 1 heterocycles. The summed E-state index contributed by atoms with van der Waals surface area (Å²) in [7, 11) is 0. The molecule has 2 aliphatic rings. The van der Waals surface area contributed by atoms with Gasteiger partial charge in [0.25, 0.3) is 11.8 Å². The van der Waals surface area contributed by atoms with Gasteiger partial charge in [0.15, 0.2) is 0 Å². The molecule has 1 spiro atoms. The third-order valence-electron chi connectivity index (χ3n) is 4.99. The third kappa shape index (κ3) is 4.10. The molecular formula is C19H24N4O4. The molecule has 0 aromatic heterocycles. The topological polar surface area (TPSA) is 108 Å². The summed E-state index contributed by atoms with van der Waals surface area (Å²) in [6.45, 7) is 2.02. The maximum Gasteiger partial charge on any atom is 0.325 e. The van der Waals surface area contributed by atoms with E-state index in [0.717, 1.165) is 12.8 Å². The van der Waals surface area contributed by atoms with Gasteiger partial charge in [-0.3, -0.25) is 19.3 Å². The number of carbonyl (C=O) groups is 4. The van der Waals surface area contributed by atoms with Crippen molar-refractivity contribution in [2.75, 3.05) is 18.4 Å². The second-order valence-corrected chi connectivity index (χ2v) is 7.05. The lowest BCUT2D eigenvalue weighted by atomic mass is 9.98. The van der Waals surface area contributed by atoms with E-state index in [4.69, 9.17) is 0 Å². The molecular weight excluding hydrogens is 348 g/mol. The Morgan fingerprint density at radius 1 is 1.22 bits per heavy atom. The lowest BCUT2D eigenvalue weighted by molar-refractivity contribution is -0.131. The molecule has 1 saturated heterocycles. The van der Waals surface area contributed by atoms with Crippen molar-refractivity contribution in [2.24, 2.45) is 0 Å². The van der Waals surface area contributed by atoms with Crippen molar-refractivity contribution < 1.29 is 19.2 Å². The predicted octanol–water partition coefficient (Wildman–Crippen LogP) is 1.63. The molecule has 3 rings (SSSR count). The lowest BCUT2D eigenvalue weighted by Crippen LogP contribution is -2.44. The maximum atomic E-state index is 12.5. The summed E-state index contributed by atoms with van der Waals surface area (Å²) in [6, 6.07) is 6.31. The standard InChI is InChI=1S/C19H24N4O4/c1-13(24)21-15-7-4-6-14(12-15)16(25)20-10-5-11-23-17(26)19(22-18(23)27)8-2-3-9-19/h4,6-7,12H,2-3,5,8-11H2,1H3,(H,20,25)(H,21,24)(H,22,27). The molecule has 8 nitrogen and oxygen atoms in total. The van der Waals surface area contributed by atoms with E-state index < -0.39 is 5.54 Å². The minimum Gasteiger partial charge on any atom is -0.352 e. The number of rotatable bonds is 6. The number of amides is 5. The Morgan fingerprint density at radius 2 is 1.96 bits per heavy atom. The summed E-state index contributed by atoms with van der Waals surface area (Å²) in [5.41, 5.74) is 0.294. The van der Waals surface area contributed by atoms with Gasteiger partial charge in [-0.25, -0.2) is 4.79 Å². The molecule has 144 valence electrons. The van der Waals surface area contributed by atoms with E-state index in [1.54, 1.807) is 24.3 Å². The zero-order chi connectivity index (χ0) is 19.4. The number of nitrogens with one attached hydrogen (secondary N) is 3. The second-order valence-electron chi connectivity index (χ2n) is 7.05. The van der Waals surface area contributed by atoms with Crippen LogP contribution in [0.4, 0.5) is 10.5 Å². The Kier molecular flexibility index (Phi) is 5.43. The number of imide groups is 1. The van der Waals surface area contributed by atoms with Crippen LogP contribution in [0.15, 0.2) is 24.3 Å². The highest BCUT2D eigenvalue weighted by atomic mass is 16.2. The van der Waals surface area contributed by atoms with Crippen molar-refractivity contribution in [1.29, 1.82) is 0 Å². The van der Waals surface area contributed by atoms with Crippen LogP contribution in [0.3, 0.4) is 0 Å². The number of hydrogen-bond acceptors (Lipinski definition) is 4. The summed E-state index contributed by atoms with van der Waals surface area (Å²) < 4.78 is 0. The molecule has 1 aliphatic heterocycles. The Balaban J connectivity index is 1.47. The molecule has 3 N–H and O–H groups in total. The number of anilines is 1. The lowest BCUT2D eigenvalue weighted by Gasteiger charge is -2.20. The quantitative estimate of drug-likeness (QED) is 0.521. The molecule has 8 heteroatoms. The van der Waals surface area contributed by atoms with Crippen LogP contribution in [0.1, 0.15) is 49.4 Å². The van der Waals surface area contributed by atoms with Gasteiger partial charge in [-0.1, -0.05) is 18.9 Å². The first kappa shape index (κ1) is 18.9. The van der Waals surface area contributed by atoms with Crippen LogP contribution in [-0.2, 0) is 9.59 Å². The number of urea groups is 1. The molecule has 2 fully saturated rings. The van der Waals surface area contributed by atoms with Crippen molar-refractivity contribution in [3.05, 3.63) is 29.8 Å². The van der Waals surface area contributed by atoms with Crippen LogP contribution >= 0.6 is 0 Å². The predicted molar refractivity (Wildman–Crippen MR) is 99.1 cm³/mol. The Hall–Kier alpha value is -2.90. The smallest absolute Gasteiger partial charge is 0.325 e. The minimum atomic E-state index is -0.690. The summed E-state index contributed by atoms with van der Waals surface area (Å²) in [5.74, 6) is -0.618. The molecule has 1 aliphatic carbocycles. The van der Waals surface area contributed by atoms with Crippen molar-refractivity contribution >= 4 is 29.4 Å². The highest BCUT2D eigenvalue weighted by Gasteiger charge is 2.51. The van der Waals surface area contributed by atoms with Gasteiger partial charge in [-0.15, -0.1) is 0 Å². The average molecular weight is 372 g/mol. The van der Waals surface area contributed by atoms with E-state index in [2.05, 4.69) is 16.0 Å². The summed E-state index contributed by atoms with van der Waals surface area (Å²) in [6.07, 6.45) is 3.79. The molecule has 1 aromatic rings. The molecule has 1 saturated carbocycles. The van der Waals surface area contributed by atoms with Crippen LogP contribution in [0.5, 0.6) is 0 Å². The van der Waals surface area contributed by atoms with Gasteiger partial charge in [-0.05, 0) is 37.5 Å². The first-order valence-corrected chi connectivity index (χ1v) is 9.21. The van der Waals surface area contributed by atoms with Crippen molar-refractivity contribution in [3.63, 3.8) is 0 Å². The van der Waals surface area contributed by atoms with Crippen LogP contribution in [-0.4, -0.2) is 47.3 Å². The van der Waals surface area contributed by atoms with Crippen molar-refractivity contribution in [3.8, 4) is 0 Å². The van der Waals surface area contributed by atoms with Gasteiger partial charge in [0.05, 0.1) is 0 Å². The summed E-state index contributed by atoms with van der Waals surface area (Å²) in [4.78, 5) is 49.2. The van der Waals surface area contributed by atoms with E-state index in [9.17, 15) is 19.2 Å². The Labute approximate surface area is 157 Å². The summed E-state index contributed by atoms with van der Waals surface area (Å²) in [5, 5.41) is 8.25. The SMILES string of the molecule is CC(=O)Nc1cccc(C(=O)NCCCN2C(=O)NC3(CCCC3)C2=O)c1. The first-order chi connectivity index (χ1) is 12.9.